The number of carbonyl (C=O) groups is 1. The molecule has 0 aromatic heterocycles. The second-order valence-corrected chi connectivity index (χ2v) is 5.58. The minimum Gasteiger partial charge on any atom is -0.341 e. The minimum atomic E-state index is -0.430. The quantitative estimate of drug-likeness (QED) is 0.927. The van der Waals surface area contributed by atoms with Gasteiger partial charge in [-0.2, -0.15) is 0 Å². The molecule has 1 aliphatic rings. The van der Waals surface area contributed by atoms with Crippen LogP contribution in [0.4, 0.5) is 4.39 Å². The van der Waals surface area contributed by atoms with Gasteiger partial charge >= 0.3 is 0 Å². The summed E-state index contributed by atoms with van der Waals surface area (Å²) in [6, 6.07) is 4.42. The zero-order valence-electron chi connectivity index (χ0n) is 11.7. The Morgan fingerprint density at radius 2 is 2.10 bits per heavy atom. The first-order valence-corrected chi connectivity index (χ1v) is 7.42. The number of nitrogens with zero attached hydrogens (tertiary/aromatic N) is 1. The molecule has 1 aliphatic heterocycles. The molecule has 0 radical (unpaired) electrons. The first kappa shape index (κ1) is 15.3. The number of carbonyl (C=O) groups excluding carboxylic acids is 1. The van der Waals surface area contributed by atoms with Crippen LogP contribution in [0.1, 0.15) is 31.7 Å². The van der Waals surface area contributed by atoms with E-state index in [0.29, 0.717) is 12.1 Å². The fourth-order valence-electron chi connectivity index (χ4n) is 2.42. The number of benzene rings is 1. The summed E-state index contributed by atoms with van der Waals surface area (Å²) in [4.78, 5) is 14.1. The molecule has 1 N–H and O–H groups in total. The molecule has 1 aromatic carbocycles. The van der Waals surface area contributed by atoms with Crippen molar-refractivity contribution in [2.45, 2.75) is 38.8 Å². The van der Waals surface area contributed by atoms with Crippen molar-refractivity contribution in [1.29, 1.82) is 0 Å². The summed E-state index contributed by atoms with van der Waals surface area (Å²) < 4.78 is 13.3. The van der Waals surface area contributed by atoms with Gasteiger partial charge in [-0.15, -0.1) is 0 Å². The summed E-state index contributed by atoms with van der Waals surface area (Å²) in [5.74, 6) is -0.321. The van der Waals surface area contributed by atoms with E-state index in [1.165, 1.54) is 12.5 Å². The maximum Gasteiger partial charge on any atom is 0.239 e. The zero-order valence-corrected chi connectivity index (χ0v) is 12.4. The molecule has 0 saturated carbocycles. The largest absolute Gasteiger partial charge is 0.341 e. The lowest BCUT2D eigenvalue weighted by Gasteiger charge is -2.29. The molecule has 5 heteroatoms. The molecule has 20 heavy (non-hydrogen) atoms. The second-order valence-electron chi connectivity index (χ2n) is 5.20. The Morgan fingerprint density at radius 1 is 1.40 bits per heavy atom. The maximum absolute atomic E-state index is 13.3. The first-order chi connectivity index (χ1) is 9.59. The predicted octanol–water partition coefficient (Wildman–Crippen LogP) is 2.97. The third kappa shape index (κ3) is 3.70. The van der Waals surface area contributed by atoms with Gasteiger partial charge in [-0.1, -0.05) is 23.7 Å². The Hall–Kier alpha value is -1.13. The van der Waals surface area contributed by atoms with E-state index in [9.17, 15) is 9.18 Å². The van der Waals surface area contributed by atoms with Crippen LogP contribution >= 0.6 is 11.6 Å². The van der Waals surface area contributed by atoms with Gasteiger partial charge in [-0.3, -0.25) is 4.79 Å². The van der Waals surface area contributed by atoms with E-state index in [0.717, 1.165) is 25.9 Å². The standard InChI is InChI=1S/C15H20ClFN2O/c1-11(15(20)19-8-3-2-4-9-19)18-10-12-6-5-7-13(17)14(12)16/h5-7,11,18H,2-4,8-10H2,1H3. The summed E-state index contributed by atoms with van der Waals surface area (Å²) >= 11 is 5.89. The monoisotopic (exact) mass is 298 g/mol. The molecule has 2 rings (SSSR count). The SMILES string of the molecule is CC(NCc1cccc(F)c1Cl)C(=O)N1CCCCC1. The van der Waals surface area contributed by atoms with Crippen LogP contribution in [0.25, 0.3) is 0 Å². The van der Waals surface area contributed by atoms with Crippen molar-refractivity contribution in [2.75, 3.05) is 13.1 Å². The van der Waals surface area contributed by atoms with Crippen molar-refractivity contribution in [3.8, 4) is 0 Å². The van der Waals surface area contributed by atoms with Gasteiger partial charge in [0.15, 0.2) is 0 Å². The van der Waals surface area contributed by atoms with E-state index in [1.54, 1.807) is 12.1 Å². The molecule has 1 amide bonds. The van der Waals surface area contributed by atoms with Crippen LogP contribution < -0.4 is 5.32 Å². The van der Waals surface area contributed by atoms with Gasteiger partial charge in [0.2, 0.25) is 5.91 Å². The lowest BCUT2D eigenvalue weighted by molar-refractivity contribution is -0.133. The lowest BCUT2D eigenvalue weighted by Crippen LogP contribution is -2.46. The van der Waals surface area contributed by atoms with Crippen molar-refractivity contribution in [3.63, 3.8) is 0 Å². The molecular weight excluding hydrogens is 279 g/mol. The van der Waals surface area contributed by atoms with E-state index in [2.05, 4.69) is 5.32 Å². The number of rotatable bonds is 4. The number of hydrogen-bond acceptors (Lipinski definition) is 2. The van der Waals surface area contributed by atoms with Gasteiger partial charge in [0.1, 0.15) is 5.82 Å². The van der Waals surface area contributed by atoms with Crippen molar-refractivity contribution < 1.29 is 9.18 Å². The van der Waals surface area contributed by atoms with Crippen LogP contribution in [0.15, 0.2) is 18.2 Å². The van der Waals surface area contributed by atoms with Crippen LogP contribution in [-0.2, 0) is 11.3 Å². The Bertz CT molecular complexity index is 475. The minimum absolute atomic E-state index is 0.109. The third-order valence-electron chi connectivity index (χ3n) is 3.67. The number of nitrogens with one attached hydrogen (secondary N) is 1. The Labute approximate surface area is 124 Å². The summed E-state index contributed by atoms with van der Waals surface area (Å²) in [5, 5.41) is 3.24. The van der Waals surface area contributed by atoms with Gasteiger partial charge in [0.25, 0.3) is 0 Å². The molecule has 1 aromatic rings. The second kappa shape index (κ2) is 7.04. The van der Waals surface area contributed by atoms with Crippen molar-refractivity contribution in [2.24, 2.45) is 0 Å². The van der Waals surface area contributed by atoms with Gasteiger partial charge in [0.05, 0.1) is 11.1 Å². The van der Waals surface area contributed by atoms with Gasteiger partial charge in [0, 0.05) is 19.6 Å². The van der Waals surface area contributed by atoms with Gasteiger partial charge in [-0.25, -0.2) is 4.39 Å². The number of likely N-dealkylation sites (tertiary alicyclic amines) is 1. The summed E-state index contributed by atoms with van der Waals surface area (Å²) in [5.41, 5.74) is 0.671. The highest BCUT2D eigenvalue weighted by molar-refractivity contribution is 6.31. The third-order valence-corrected chi connectivity index (χ3v) is 4.09. The summed E-state index contributed by atoms with van der Waals surface area (Å²) in [6.07, 6.45) is 3.35. The highest BCUT2D eigenvalue weighted by Crippen LogP contribution is 2.19. The molecule has 0 bridgehead atoms. The van der Waals surface area contributed by atoms with Crippen molar-refractivity contribution in [1.82, 2.24) is 10.2 Å². The molecule has 1 heterocycles. The normalized spacial score (nSPS) is 17.1. The molecular formula is C15H20ClFN2O. The zero-order chi connectivity index (χ0) is 14.5. The molecule has 0 aliphatic carbocycles. The highest BCUT2D eigenvalue weighted by Gasteiger charge is 2.21. The van der Waals surface area contributed by atoms with E-state index >= 15 is 0 Å². The highest BCUT2D eigenvalue weighted by atomic mass is 35.5. The van der Waals surface area contributed by atoms with Crippen LogP contribution in [-0.4, -0.2) is 29.9 Å². The Balaban J connectivity index is 1.89. The smallest absolute Gasteiger partial charge is 0.239 e. The average Bonchev–Trinajstić information content (AvgIpc) is 2.48. The Morgan fingerprint density at radius 3 is 2.80 bits per heavy atom. The van der Waals surface area contributed by atoms with Crippen LogP contribution in [0, 0.1) is 5.82 Å². The topological polar surface area (TPSA) is 32.3 Å². The first-order valence-electron chi connectivity index (χ1n) is 7.04. The van der Waals surface area contributed by atoms with Crippen LogP contribution in [0.5, 0.6) is 0 Å². The van der Waals surface area contributed by atoms with E-state index in [4.69, 9.17) is 11.6 Å². The number of halogens is 2. The number of piperidine rings is 1. The number of amides is 1. The summed E-state index contributed by atoms with van der Waals surface area (Å²) in [7, 11) is 0. The Kier molecular flexibility index (Phi) is 5.38. The lowest BCUT2D eigenvalue weighted by atomic mass is 10.1. The van der Waals surface area contributed by atoms with E-state index in [-0.39, 0.29) is 17.0 Å². The fourth-order valence-corrected chi connectivity index (χ4v) is 2.62. The molecule has 1 atom stereocenters. The molecule has 3 nitrogen and oxygen atoms in total. The molecule has 110 valence electrons. The van der Waals surface area contributed by atoms with Gasteiger partial charge in [-0.05, 0) is 37.8 Å². The molecule has 0 spiro atoms. The van der Waals surface area contributed by atoms with Crippen LogP contribution in [0.3, 0.4) is 0 Å². The fraction of sp³-hybridized carbons (Fsp3) is 0.533. The number of hydrogen-bond donors (Lipinski definition) is 1. The maximum atomic E-state index is 13.3. The predicted molar refractivity (Wildman–Crippen MR) is 78.1 cm³/mol. The summed E-state index contributed by atoms with van der Waals surface area (Å²) in [6.45, 7) is 3.90. The molecule has 1 fully saturated rings. The average molecular weight is 299 g/mol. The van der Waals surface area contributed by atoms with Crippen molar-refractivity contribution in [3.05, 3.63) is 34.6 Å². The van der Waals surface area contributed by atoms with E-state index < -0.39 is 5.82 Å². The van der Waals surface area contributed by atoms with Crippen LogP contribution in [0.2, 0.25) is 5.02 Å². The van der Waals surface area contributed by atoms with Crippen molar-refractivity contribution >= 4 is 17.5 Å². The molecule has 1 unspecified atom stereocenters. The van der Waals surface area contributed by atoms with Gasteiger partial charge < -0.3 is 10.2 Å². The van der Waals surface area contributed by atoms with E-state index in [1.807, 2.05) is 11.8 Å². The molecule has 1 saturated heterocycles.